The van der Waals surface area contributed by atoms with E-state index in [4.69, 9.17) is 0 Å². The van der Waals surface area contributed by atoms with Crippen LogP contribution >= 0.6 is 37.2 Å². The molecular weight excluding hydrogens is 426 g/mol. The number of piperazine rings is 1. The molecule has 28 heavy (non-hydrogen) atoms. The quantitative estimate of drug-likeness (QED) is 0.713. The van der Waals surface area contributed by atoms with Gasteiger partial charge >= 0.3 is 0 Å². The number of hydrogen-bond donors (Lipinski definition) is 2. The Morgan fingerprint density at radius 2 is 1.93 bits per heavy atom. The average Bonchev–Trinajstić information content (AvgIpc) is 3.16. The highest BCUT2D eigenvalue weighted by Gasteiger charge is 2.26. The molecule has 2 fully saturated rings. The molecule has 1 aromatic carbocycles. The highest BCUT2D eigenvalue weighted by molar-refractivity contribution is 5.86. The predicted octanol–water partition coefficient (Wildman–Crippen LogP) is 3.02. The van der Waals surface area contributed by atoms with Crippen LogP contribution < -0.4 is 15.5 Å². The van der Waals surface area contributed by atoms with Crippen molar-refractivity contribution >= 4 is 48.8 Å². The van der Waals surface area contributed by atoms with Gasteiger partial charge in [0.15, 0.2) is 0 Å². The number of benzene rings is 1. The molecule has 2 heterocycles. The number of rotatable bonds is 5. The molecule has 0 bridgehead atoms. The van der Waals surface area contributed by atoms with Crippen molar-refractivity contribution < 1.29 is 9.18 Å². The minimum Gasteiger partial charge on any atom is -0.369 e. The SMILES string of the molecule is CCN1CCN(c2ccc(F)cc2C(C)NC(=O)C2CCNC2)CC1.Cl.Cl.Cl. The molecule has 2 aliphatic rings. The van der Waals surface area contributed by atoms with E-state index in [1.54, 1.807) is 6.07 Å². The van der Waals surface area contributed by atoms with Gasteiger partial charge in [-0.15, -0.1) is 37.2 Å². The number of nitrogens with zero attached hydrogens (tertiary/aromatic N) is 2. The molecule has 0 saturated carbocycles. The molecule has 9 heteroatoms. The number of amides is 1. The van der Waals surface area contributed by atoms with Gasteiger partial charge in [0.1, 0.15) is 5.82 Å². The van der Waals surface area contributed by atoms with Gasteiger partial charge in [0.25, 0.3) is 0 Å². The number of nitrogens with one attached hydrogen (secondary N) is 2. The fourth-order valence-corrected chi connectivity index (χ4v) is 3.75. The van der Waals surface area contributed by atoms with Crippen molar-refractivity contribution in [3.63, 3.8) is 0 Å². The fourth-order valence-electron chi connectivity index (χ4n) is 3.75. The third kappa shape index (κ3) is 6.63. The van der Waals surface area contributed by atoms with Crippen molar-refractivity contribution in [1.29, 1.82) is 0 Å². The van der Waals surface area contributed by atoms with E-state index in [1.165, 1.54) is 6.07 Å². The first-order valence-corrected chi connectivity index (χ1v) is 9.36. The van der Waals surface area contributed by atoms with Crippen LogP contribution in [0.1, 0.15) is 31.9 Å². The van der Waals surface area contributed by atoms with Gasteiger partial charge < -0.3 is 20.4 Å². The van der Waals surface area contributed by atoms with Crippen molar-refractivity contribution in [3.05, 3.63) is 29.6 Å². The molecule has 1 amide bonds. The summed E-state index contributed by atoms with van der Waals surface area (Å²) in [6, 6.07) is 4.73. The summed E-state index contributed by atoms with van der Waals surface area (Å²) in [5.41, 5.74) is 1.90. The Hall–Kier alpha value is -0.790. The first-order valence-electron chi connectivity index (χ1n) is 9.36. The third-order valence-corrected chi connectivity index (χ3v) is 5.41. The van der Waals surface area contributed by atoms with Crippen molar-refractivity contribution in [2.75, 3.05) is 50.7 Å². The van der Waals surface area contributed by atoms with Crippen LogP contribution in [0.25, 0.3) is 0 Å². The van der Waals surface area contributed by atoms with Gasteiger partial charge in [-0.3, -0.25) is 4.79 Å². The zero-order chi connectivity index (χ0) is 17.8. The van der Waals surface area contributed by atoms with Gasteiger partial charge in [-0.25, -0.2) is 4.39 Å². The Labute approximate surface area is 186 Å². The summed E-state index contributed by atoms with van der Waals surface area (Å²) >= 11 is 0. The van der Waals surface area contributed by atoms with Crippen molar-refractivity contribution in [1.82, 2.24) is 15.5 Å². The van der Waals surface area contributed by atoms with E-state index in [9.17, 15) is 9.18 Å². The van der Waals surface area contributed by atoms with Crippen LogP contribution in [-0.4, -0.2) is 56.6 Å². The van der Waals surface area contributed by atoms with Gasteiger partial charge in [-0.1, -0.05) is 6.92 Å². The Kier molecular flexibility index (Phi) is 12.3. The van der Waals surface area contributed by atoms with Crippen LogP contribution in [0.15, 0.2) is 18.2 Å². The summed E-state index contributed by atoms with van der Waals surface area (Å²) in [7, 11) is 0. The van der Waals surface area contributed by atoms with E-state index < -0.39 is 0 Å². The van der Waals surface area contributed by atoms with Crippen molar-refractivity contribution in [3.8, 4) is 0 Å². The van der Waals surface area contributed by atoms with E-state index in [0.717, 1.165) is 63.5 Å². The number of likely N-dealkylation sites (N-methyl/N-ethyl adjacent to an activating group) is 1. The molecule has 0 spiro atoms. The zero-order valence-electron chi connectivity index (χ0n) is 16.4. The molecule has 0 aromatic heterocycles. The highest BCUT2D eigenvalue weighted by Crippen LogP contribution is 2.28. The van der Waals surface area contributed by atoms with E-state index in [-0.39, 0.29) is 60.9 Å². The monoisotopic (exact) mass is 456 g/mol. The lowest BCUT2D eigenvalue weighted by atomic mass is 10.0. The molecule has 2 saturated heterocycles. The van der Waals surface area contributed by atoms with Gasteiger partial charge in [0.2, 0.25) is 5.91 Å². The average molecular weight is 458 g/mol. The first-order chi connectivity index (χ1) is 12.1. The van der Waals surface area contributed by atoms with Crippen molar-refractivity contribution in [2.45, 2.75) is 26.3 Å². The second-order valence-electron chi connectivity index (χ2n) is 7.04. The maximum absolute atomic E-state index is 13.9. The molecule has 1 aromatic rings. The fraction of sp³-hybridized carbons (Fsp3) is 0.632. The molecule has 2 N–H and O–H groups in total. The topological polar surface area (TPSA) is 47.6 Å². The summed E-state index contributed by atoms with van der Waals surface area (Å²) in [5.74, 6) is -0.175. The van der Waals surface area contributed by atoms with Gasteiger partial charge in [0, 0.05) is 44.0 Å². The maximum Gasteiger partial charge on any atom is 0.224 e. The largest absolute Gasteiger partial charge is 0.369 e. The molecule has 0 radical (unpaired) electrons. The number of carbonyl (C=O) groups is 1. The van der Waals surface area contributed by atoms with E-state index >= 15 is 0 Å². The molecule has 2 unspecified atom stereocenters. The maximum atomic E-state index is 13.9. The third-order valence-electron chi connectivity index (χ3n) is 5.41. The smallest absolute Gasteiger partial charge is 0.224 e. The molecule has 3 rings (SSSR count). The van der Waals surface area contributed by atoms with Crippen molar-refractivity contribution in [2.24, 2.45) is 5.92 Å². The van der Waals surface area contributed by atoms with Crippen LogP contribution in [0.2, 0.25) is 0 Å². The number of anilines is 1. The van der Waals surface area contributed by atoms with Crippen LogP contribution in [0.3, 0.4) is 0 Å². The lowest BCUT2D eigenvalue weighted by molar-refractivity contribution is -0.125. The normalized spacial score (nSPS) is 20.4. The second kappa shape index (κ2) is 12.7. The summed E-state index contributed by atoms with van der Waals surface area (Å²) in [5, 5.41) is 6.30. The van der Waals surface area contributed by atoms with Crippen LogP contribution in [0, 0.1) is 11.7 Å². The molecule has 2 atom stereocenters. The van der Waals surface area contributed by atoms with E-state index in [0.29, 0.717) is 0 Å². The minimum absolute atomic E-state index is 0. The standard InChI is InChI=1S/C19H29FN4O.3ClH/c1-3-23-8-10-24(11-9-23)18-5-4-16(20)12-17(18)14(2)22-19(25)15-6-7-21-13-15;;;/h4-5,12,14-15,21H,3,6-11,13H2,1-2H3,(H,22,25);3*1H. The molecule has 5 nitrogen and oxygen atoms in total. The Morgan fingerprint density at radius 1 is 1.25 bits per heavy atom. The first kappa shape index (κ1) is 27.2. The van der Waals surface area contributed by atoms with Crippen LogP contribution in [0.4, 0.5) is 10.1 Å². The number of hydrogen-bond acceptors (Lipinski definition) is 4. The van der Waals surface area contributed by atoms with Gasteiger partial charge in [0.05, 0.1) is 12.0 Å². The van der Waals surface area contributed by atoms with Crippen LogP contribution in [0.5, 0.6) is 0 Å². The molecule has 0 aliphatic carbocycles. The second-order valence-corrected chi connectivity index (χ2v) is 7.04. The Balaban J connectivity index is 0.00000243. The zero-order valence-corrected chi connectivity index (χ0v) is 18.9. The Bertz CT molecular complexity index is 609. The molecule has 2 aliphatic heterocycles. The number of carbonyl (C=O) groups excluding carboxylic acids is 1. The van der Waals surface area contributed by atoms with E-state index in [1.807, 2.05) is 13.0 Å². The Morgan fingerprint density at radius 3 is 2.50 bits per heavy atom. The lowest BCUT2D eigenvalue weighted by Gasteiger charge is -2.37. The van der Waals surface area contributed by atoms with Gasteiger partial charge in [-0.2, -0.15) is 0 Å². The molecule has 162 valence electrons. The summed E-state index contributed by atoms with van der Waals surface area (Å²) in [6.45, 7) is 10.7. The predicted molar refractivity (Wildman–Crippen MR) is 120 cm³/mol. The summed E-state index contributed by atoms with van der Waals surface area (Å²) < 4.78 is 13.9. The minimum atomic E-state index is -0.255. The van der Waals surface area contributed by atoms with Gasteiger partial charge in [-0.05, 0) is 44.6 Å². The van der Waals surface area contributed by atoms with Crippen LogP contribution in [-0.2, 0) is 4.79 Å². The summed E-state index contributed by atoms with van der Waals surface area (Å²) in [6.07, 6.45) is 0.869. The lowest BCUT2D eigenvalue weighted by Crippen LogP contribution is -2.46. The van der Waals surface area contributed by atoms with E-state index in [2.05, 4.69) is 27.4 Å². The summed E-state index contributed by atoms with van der Waals surface area (Å²) in [4.78, 5) is 17.1. The molecular formula is C19H32Cl3FN4O. The highest BCUT2D eigenvalue weighted by atomic mass is 35.5. The number of halogens is 4.